The van der Waals surface area contributed by atoms with E-state index in [1.807, 2.05) is 18.2 Å². The van der Waals surface area contributed by atoms with Gasteiger partial charge in [0.15, 0.2) is 11.9 Å². The summed E-state index contributed by atoms with van der Waals surface area (Å²) < 4.78 is 8.89. The summed E-state index contributed by atoms with van der Waals surface area (Å²) in [5, 5.41) is 11.6. The molecule has 0 aliphatic heterocycles. The lowest BCUT2D eigenvalue weighted by Gasteiger charge is -2.15. The third-order valence-corrected chi connectivity index (χ3v) is 5.92. The Morgan fingerprint density at radius 1 is 0.939 bits per heavy atom. The van der Waals surface area contributed by atoms with Crippen LogP contribution in [-0.4, -0.2) is 14.5 Å². The molecule has 0 aliphatic carbocycles. The van der Waals surface area contributed by atoms with E-state index >= 15 is 0 Å². The van der Waals surface area contributed by atoms with E-state index in [0.29, 0.717) is 12.3 Å². The standard InChI is InChI=1S/C27H24N4O2/c1-19-5-3-6-20(2)24(19)17-31-26-15-22(21-10-12-28-13-11-21)8-9-25(26)29-27(31)18-33-23-7-4-14-30(32)16-23/h3-16H,17-18H2,1-2H3. The van der Waals surface area contributed by atoms with Gasteiger partial charge >= 0.3 is 0 Å². The average Bonchev–Trinajstić information content (AvgIpc) is 3.17. The zero-order chi connectivity index (χ0) is 22.8. The third-order valence-electron chi connectivity index (χ3n) is 5.92. The van der Waals surface area contributed by atoms with Crippen molar-refractivity contribution >= 4 is 11.0 Å². The number of hydrogen-bond donors (Lipinski definition) is 0. The lowest BCUT2D eigenvalue weighted by molar-refractivity contribution is -0.605. The second-order valence-corrected chi connectivity index (χ2v) is 8.11. The van der Waals surface area contributed by atoms with Crippen molar-refractivity contribution in [3.05, 3.63) is 113 Å². The number of imidazole rings is 1. The van der Waals surface area contributed by atoms with E-state index in [9.17, 15) is 5.21 Å². The lowest BCUT2D eigenvalue weighted by atomic mass is 10.0. The summed E-state index contributed by atoms with van der Waals surface area (Å²) in [4.78, 5) is 9.01. The fourth-order valence-electron chi connectivity index (χ4n) is 4.11. The molecule has 0 N–H and O–H groups in total. The van der Waals surface area contributed by atoms with Crippen LogP contribution >= 0.6 is 0 Å². The highest BCUT2D eigenvalue weighted by molar-refractivity contribution is 5.82. The van der Waals surface area contributed by atoms with Crippen LogP contribution in [0.1, 0.15) is 22.5 Å². The van der Waals surface area contributed by atoms with Crippen LogP contribution in [0, 0.1) is 19.1 Å². The van der Waals surface area contributed by atoms with Gasteiger partial charge in [-0.15, -0.1) is 0 Å². The molecule has 0 bridgehead atoms. The summed E-state index contributed by atoms with van der Waals surface area (Å²) in [7, 11) is 0. The summed E-state index contributed by atoms with van der Waals surface area (Å²) in [6.45, 7) is 5.21. The molecule has 0 aliphatic rings. The van der Waals surface area contributed by atoms with Gasteiger partial charge in [-0.1, -0.05) is 24.3 Å². The summed E-state index contributed by atoms with van der Waals surface area (Å²) >= 11 is 0. The number of aromatic nitrogens is 4. The molecule has 0 spiro atoms. The Kier molecular flexibility index (Phi) is 5.48. The Balaban J connectivity index is 1.59. The highest BCUT2D eigenvalue weighted by Crippen LogP contribution is 2.27. The Morgan fingerprint density at radius 3 is 2.48 bits per heavy atom. The van der Waals surface area contributed by atoms with E-state index in [2.05, 4.69) is 53.7 Å². The summed E-state index contributed by atoms with van der Waals surface area (Å²) in [6.07, 6.45) is 6.45. The Hall–Kier alpha value is -4.19. The zero-order valence-corrected chi connectivity index (χ0v) is 18.6. The van der Waals surface area contributed by atoms with Crippen LogP contribution in [0.4, 0.5) is 0 Å². The molecule has 5 rings (SSSR count). The normalized spacial score (nSPS) is 11.1. The van der Waals surface area contributed by atoms with Gasteiger partial charge in [0.2, 0.25) is 6.20 Å². The SMILES string of the molecule is Cc1cccc(C)c1Cn1c(COc2ccc[n+]([O-])c2)nc2ccc(-c3ccncc3)cc21. The number of pyridine rings is 2. The van der Waals surface area contributed by atoms with E-state index in [0.717, 1.165) is 32.7 Å². The van der Waals surface area contributed by atoms with Gasteiger partial charge in [0.05, 0.1) is 11.0 Å². The first-order valence-electron chi connectivity index (χ1n) is 10.8. The van der Waals surface area contributed by atoms with Gasteiger partial charge in [0.1, 0.15) is 12.4 Å². The molecule has 0 amide bonds. The topological polar surface area (TPSA) is 66.9 Å². The van der Waals surface area contributed by atoms with Crippen molar-refractivity contribution in [2.45, 2.75) is 27.0 Å². The van der Waals surface area contributed by atoms with Gasteiger partial charge in [0, 0.05) is 25.0 Å². The minimum atomic E-state index is 0.258. The van der Waals surface area contributed by atoms with Crippen molar-refractivity contribution in [3.63, 3.8) is 0 Å². The number of hydrogen-bond acceptors (Lipinski definition) is 4. The highest BCUT2D eigenvalue weighted by atomic mass is 16.5. The van der Waals surface area contributed by atoms with Gasteiger partial charge in [-0.3, -0.25) is 4.98 Å². The predicted octanol–water partition coefficient (Wildman–Crippen LogP) is 4.98. The fourth-order valence-corrected chi connectivity index (χ4v) is 4.11. The van der Waals surface area contributed by atoms with Crippen molar-refractivity contribution in [2.75, 3.05) is 0 Å². The first-order valence-corrected chi connectivity index (χ1v) is 10.8. The molecule has 6 nitrogen and oxygen atoms in total. The van der Waals surface area contributed by atoms with Crippen molar-refractivity contribution in [1.29, 1.82) is 0 Å². The molecule has 0 radical (unpaired) electrons. The largest absolute Gasteiger partial charge is 0.619 e. The summed E-state index contributed by atoms with van der Waals surface area (Å²) in [5.74, 6) is 1.32. The Bertz CT molecular complexity index is 1410. The van der Waals surface area contributed by atoms with Crippen LogP contribution in [0.3, 0.4) is 0 Å². The molecular formula is C27H24N4O2. The highest BCUT2D eigenvalue weighted by Gasteiger charge is 2.15. The maximum Gasteiger partial charge on any atom is 0.222 e. The number of aryl methyl sites for hydroxylation is 2. The van der Waals surface area contributed by atoms with Gasteiger partial charge < -0.3 is 14.5 Å². The van der Waals surface area contributed by atoms with Gasteiger partial charge in [-0.2, -0.15) is 4.73 Å². The second kappa shape index (κ2) is 8.74. The molecule has 0 unspecified atom stereocenters. The molecule has 3 aromatic heterocycles. The number of nitrogens with zero attached hydrogens (tertiary/aromatic N) is 4. The predicted molar refractivity (Wildman–Crippen MR) is 128 cm³/mol. The molecule has 0 fully saturated rings. The second-order valence-electron chi connectivity index (χ2n) is 8.11. The minimum absolute atomic E-state index is 0.258. The Morgan fingerprint density at radius 2 is 1.73 bits per heavy atom. The number of fused-ring (bicyclic) bond motifs is 1. The lowest BCUT2D eigenvalue weighted by Crippen LogP contribution is -2.24. The van der Waals surface area contributed by atoms with Gasteiger partial charge in [-0.05, 0) is 72.0 Å². The molecule has 33 heavy (non-hydrogen) atoms. The number of benzene rings is 2. The molecular weight excluding hydrogens is 412 g/mol. The van der Waals surface area contributed by atoms with Gasteiger partial charge in [-0.25, -0.2) is 4.98 Å². The van der Waals surface area contributed by atoms with Crippen molar-refractivity contribution < 1.29 is 9.47 Å². The monoisotopic (exact) mass is 436 g/mol. The minimum Gasteiger partial charge on any atom is -0.619 e. The molecule has 0 saturated heterocycles. The van der Waals surface area contributed by atoms with Crippen molar-refractivity contribution in [1.82, 2.24) is 14.5 Å². The Labute approximate surface area is 192 Å². The van der Waals surface area contributed by atoms with E-state index in [1.165, 1.54) is 29.1 Å². The molecule has 3 heterocycles. The molecule has 0 atom stereocenters. The zero-order valence-electron chi connectivity index (χ0n) is 18.6. The number of ether oxygens (including phenoxy) is 1. The molecule has 0 saturated carbocycles. The van der Waals surface area contributed by atoms with Crippen LogP contribution < -0.4 is 9.47 Å². The van der Waals surface area contributed by atoms with Crippen LogP contribution in [0.15, 0.2) is 85.5 Å². The van der Waals surface area contributed by atoms with Crippen LogP contribution in [0.25, 0.3) is 22.2 Å². The van der Waals surface area contributed by atoms with E-state index in [1.54, 1.807) is 24.5 Å². The molecule has 164 valence electrons. The molecule has 6 heteroatoms. The molecule has 5 aromatic rings. The first kappa shape index (κ1) is 20.7. The van der Waals surface area contributed by atoms with Crippen LogP contribution in [0.2, 0.25) is 0 Å². The van der Waals surface area contributed by atoms with Crippen LogP contribution in [0.5, 0.6) is 5.75 Å². The maximum atomic E-state index is 11.6. The summed E-state index contributed by atoms with van der Waals surface area (Å²) in [5.41, 5.74) is 7.91. The fraction of sp³-hybridized carbons (Fsp3) is 0.148. The van der Waals surface area contributed by atoms with Crippen molar-refractivity contribution in [2.24, 2.45) is 0 Å². The average molecular weight is 437 g/mol. The maximum absolute atomic E-state index is 11.6. The van der Waals surface area contributed by atoms with Gasteiger partial charge in [0.25, 0.3) is 0 Å². The van der Waals surface area contributed by atoms with Crippen LogP contribution in [-0.2, 0) is 13.2 Å². The van der Waals surface area contributed by atoms with E-state index < -0.39 is 0 Å². The summed E-state index contributed by atoms with van der Waals surface area (Å²) in [6, 6.07) is 20.1. The number of rotatable bonds is 6. The molecule has 2 aromatic carbocycles. The third kappa shape index (κ3) is 4.28. The van der Waals surface area contributed by atoms with Crippen molar-refractivity contribution in [3.8, 4) is 16.9 Å². The first-order chi connectivity index (χ1) is 16.1. The quantitative estimate of drug-likeness (QED) is 0.278. The smallest absolute Gasteiger partial charge is 0.222 e. The van der Waals surface area contributed by atoms with E-state index in [-0.39, 0.29) is 6.61 Å². The van der Waals surface area contributed by atoms with E-state index in [4.69, 9.17) is 9.72 Å².